The minimum atomic E-state index is -2.53. The third-order valence-corrected chi connectivity index (χ3v) is 2.70. The molecule has 78 valence electrons. The molecule has 1 unspecified atom stereocenters. The number of nitrogens with two attached hydrogens (primary N) is 1. The largest absolute Gasteiger partial charge is 0.382 e. The quantitative estimate of drug-likeness (QED) is 0.732. The highest BCUT2D eigenvalue weighted by Crippen LogP contribution is 2.41. The summed E-state index contributed by atoms with van der Waals surface area (Å²) in [4.78, 5) is 0. The molecule has 1 heterocycles. The van der Waals surface area contributed by atoms with Crippen LogP contribution in [0.25, 0.3) is 0 Å². The molecule has 0 amide bonds. The van der Waals surface area contributed by atoms with E-state index >= 15 is 0 Å². The summed E-state index contributed by atoms with van der Waals surface area (Å²) in [5, 5.41) is 6.45. The first-order chi connectivity index (χ1) is 6.57. The van der Waals surface area contributed by atoms with E-state index in [4.69, 9.17) is 5.73 Å². The lowest BCUT2D eigenvalue weighted by Gasteiger charge is -2.27. The number of alkyl halides is 2. The van der Waals surface area contributed by atoms with Crippen molar-refractivity contribution < 1.29 is 8.78 Å². The Hall–Kier alpha value is -1.13. The Bertz CT molecular complexity index is 322. The van der Waals surface area contributed by atoms with Gasteiger partial charge in [-0.2, -0.15) is 5.10 Å². The average molecular weight is 201 g/mol. The Morgan fingerprint density at radius 3 is 2.93 bits per heavy atom. The minimum Gasteiger partial charge on any atom is -0.382 e. The molecular weight excluding hydrogens is 188 g/mol. The number of nitrogens with zero attached hydrogens (tertiary/aromatic N) is 1. The molecule has 0 bridgehead atoms. The highest BCUT2D eigenvalue weighted by Gasteiger charge is 2.37. The van der Waals surface area contributed by atoms with E-state index < -0.39 is 5.92 Å². The predicted molar refractivity (Wildman–Crippen MR) is 49.2 cm³/mol. The molecule has 0 saturated heterocycles. The Labute approximate surface area is 80.7 Å². The summed E-state index contributed by atoms with van der Waals surface area (Å²) in [6.07, 6.45) is 1.27. The van der Waals surface area contributed by atoms with Gasteiger partial charge in [0, 0.05) is 30.5 Å². The number of hydrogen-bond donors (Lipinski definition) is 2. The first-order valence-corrected chi connectivity index (χ1v) is 4.75. The lowest BCUT2D eigenvalue weighted by Crippen LogP contribution is -2.25. The molecule has 3 N–H and O–H groups in total. The third kappa shape index (κ3) is 1.86. The summed E-state index contributed by atoms with van der Waals surface area (Å²) in [7, 11) is 0. The molecule has 3 nitrogen and oxygen atoms in total. The van der Waals surface area contributed by atoms with Crippen LogP contribution in [-0.4, -0.2) is 16.1 Å². The van der Waals surface area contributed by atoms with Crippen LogP contribution in [0.3, 0.4) is 0 Å². The van der Waals surface area contributed by atoms with Crippen LogP contribution in [0, 0.1) is 0 Å². The number of nitrogen functional groups attached to an aromatic ring is 1. The van der Waals surface area contributed by atoms with Gasteiger partial charge in [-0.25, -0.2) is 8.78 Å². The van der Waals surface area contributed by atoms with Gasteiger partial charge in [0.25, 0.3) is 0 Å². The summed E-state index contributed by atoms with van der Waals surface area (Å²) < 4.78 is 26.2. The van der Waals surface area contributed by atoms with Gasteiger partial charge >= 0.3 is 0 Å². The molecule has 2 rings (SSSR count). The van der Waals surface area contributed by atoms with Crippen molar-refractivity contribution in [1.82, 2.24) is 10.2 Å². The van der Waals surface area contributed by atoms with Gasteiger partial charge < -0.3 is 5.73 Å². The molecule has 0 aromatic carbocycles. The van der Waals surface area contributed by atoms with Gasteiger partial charge in [0.2, 0.25) is 5.92 Å². The molecule has 5 heteroatoms. The van der Waals surface area contributed by atoms with Crippen molar-refractivity contribution in [1.29, 1.82) is 0 Å². The van der Waals surface area contributed by atoms with Gasteiger partial charge in [0.15, 0.2) is 0 Å². The molecular formula is C9H13F2N3. The van der Waals surface area contributed by atoms with E-state index in [1.165, 1.54) is 0 Å². The van der Waals surface area contributed by atoms with Gasteiger partial charge in [-0.05, 0) is 12.8 Å². The van der Waals surface area contributed by atoms with E-state index in [9.17, 15) is 8.78 Å². The number of anilines is 1. The molecule has 0 radical (unpaired) electrons. The van der Waals surface area contributed by atoms with Gasteiger partial charge in [-0.15, -0.1) is 0 Å². The van der Waals surface area contributed by atoms with Crippen molar-refractivity contribution in [2.45, 2.75) is 37.5 Å². The van der Waals surface area contributed by atoms with Crippen molar-refractivity contribution in [3.63, 3.8) is 0 Å². The zero-order valence-electron chi connectivity index (χ0n) is 7.76. The zero-order chi connectivity index (χ0) is 10.2. The number of nitrogens with one attached hydrogen (secondary N) is 1. The summed E-state index contributed by atoms with van der Waals surface area (Å²) in [6.45, 7) is 0. The fraction of sp³-hybridized carbons (Fsp3) is 0.667. The monoisotopic (exact) mass is 201 g/mol. The Morgan fingerprint density at radius 2 is 2.36 bits per heavy atom. The molecule has 1 aromatic heterocycles. The van der Waals surface area contributed by atoms with Crippen LogP contribution in [-0.2, 0) is 0 Å². The van der Waals surface area contributed by atoms with E-state index in [1.807, 2.05) is 0 Å². The Balaban J connectivity index is 2.12. The third-order valence-electron chi connectivity index (χ3n) is 2.70. The number of H-pyrrole nitrogens is 1. The maximum Gasteiger partial charge on any atom is 0.248 e. The maximum absolute atomic E-state index is 13.1. The van der Waals surface area contributed by atoms with Crippen molar-refractivity contribution >= 4 is 5.82 Å². The zero-order valence-corrected chi connectivity index (χ0v) is 7.76. The van der Waals surface area contributed by atoms with E-state index in [2.05, 4.69) is 10.2 Å². The standard InChI is InChI=1S/C9H13F2N3/c10-9(11)3-1-2-6(5-9)7-4-8(12)14-13-7/h4,6H,1-3,5H2,(H3,12,13,14). The van der Waals surface area contributed by atoms with E-state index in [0.29, 0.717) is 12.2 Å². The number of halogens is 2. The lowest BCUT2D eigenvalue weighted by molar-refractivity contribution is -0.0412. The van der Waals surface area contributed by atoms with Gasteiger partial charge in [-0.3, -0.25) is 5.10 Å². The second-order valence-corrected chi connectivity index (χ2v) is 3.90. The topological polar surface area (TPSA) is 54.7 Å². The molecule has 1 saturated carbocycles. The summed E-state index contributed by atoms with van der Waals surface area (Å²) in [5.74, 6) is -2.28. The van der Waals surface area contributed by atoms with Crippen LogP contribution in [0.15, 0.2) is 6.07 Å². The smallest absolute Gasteiger partial charge is 0.248 e. The number of aromatic nitrogens is 2. The molecule has 1 aromatic rings. The lowest BCUT2D eigenvalue weighted by atomic mass is 9.84. The van der Waals surface area contributed by atoms with Crippen LogP contribution in [0.2, 0.25) is 0 Å². The summed E-state index contributed by atoms with van der Waals surface area (Å²) >= 11 is 0. The van der Waals surface area contributed by atoms with Crippen LogP contribution >= 0.6 is 0 Å². The molecule has 0 aliphatic heterocycles. The average Bonchev–Trinajstić information content (AvgIpc) is 2.50. The highest BCUT2D eigenvalue weighted by molar-refractivity contribution is 5.30. The first kappa shape index (κ1) is 9.43. The maximum atomic E-state index is 13.1. The Kier molecular flexibility index (Phi) is 2.17. The van der Waals surface area contributed by atoms with Crippen molar-refractivity contribution in [3.8, 4) is 0 Å². The number of aromatic amines is 1. The summed E-state index contributed by atoms with van der Waals surface area (Å²) in [6, 6.07) is 1.64. The molecule has 1 fully saturated rings. The van der Waals surface area contributed by atoms with E-state index in [-0.39, 0.29) is 18.8 Å². The first-order valence-electron chi connectivity index (χ1n) is 4.75. The molecule has 1 aliphatic rings. The van der Waals surface area contributed by atoms with Gasteiger partial charge in [0.05, 0.1) is 0 Å². The van der Waals surface area contributed by atoms with Crippen molar-refractivity contribution in [3.05, 3.63) is 11.8 Å². The molecule has 0 spiro atoms. The van der Waals surface area contributed by atoms with E-state index in [0.717, 1.165) is 12.1 Å². The normalized spacial score (nSPS) is 26.3. The fourth-order valence-corrected chi connectivity index (χ4v) is 2.00. The van der Waals surface area contributed by atoms with E-state index in [1.54, 1.807) is 6.07 Å². The minimum absolute atomic E-state index is 0.00706. The number of rotatable bonds is 1. The Morgan fingerprint density at radius 1 is 1.57 bits per heavy atom. The SMILES string of the molecule is Nc1cc(C2CCCC(F)(F)C2)[nH]n1. The summed E-state index contributed by atoms with van der Waals surface area (Å²) in [5.41, 5.74) is 6.16. The van der Waals surface area contributed by atoms with Crippen LogP contribution in [0.5, 0.6) is 0 Å². The van der Waals surface area contributed by atoms with Gasteiger partial charge in [0.1, 0.15) is 5.82 Å². The molecule has 1 atom stereocenters. The van der Waals surface area contributed by atoms with Crippen molar-refractivity contribution in [2.75, 3.05) is 5.73 Å². The fourth-order valence-electron chi connectivity index (χ4n) is 2.00. The predicted octanol–water partition coefficient (Wildman–Crippen LogP) is 2.28. The van der Waals surface area contributed by atoms with Crippen LogP contribution in [0.1, 0.15) is 37.3 Å². The highest BCUT2D eigenvalue weighted by atomic mass is 19.3. The number of hydrogen-bond acceptors (Lipinski definition) is 2. The van der Waals surface area contributed by atoms with Crippen molar-refractivity contribution in [2.24, 2.45) is 0 Å². The van der Waals surface area contributed by atoms with Gasteiger partial charge in [-0.1, -0.05) is 0 Å². The molecule has 1 aliphatic carbocycles. The second-order valence-electron chi connectivity index (χ2n) is 3.90. The van der Waals surface area contributed by atoms with Crippen LogP contribution in [0.4, 0.5) is 14.6 Å². The molecule has 14 heavy (non-hydrogen) atoms. The van der Waals surface area contributed by atoms with Crippen LogP contribution < -0.4 is 5.73 Å². The second kappa shape index (κ2) is 3.22.